The van der Waals surface area contributed by atoms with E-state index in [1.54, 1.807) is 11.0 Å². The van der Waals surface area contributed by atoms with Crippen LogP contribution in [0.25, 0.3) is 0 Å². The summed E-state index contributed by atoms with van der Waals surface area (Å²) in [5, 5.41) is 16.3. The molecule has 1 aromatic heterocycles. The number of carboxylic acid groups (broad SMARTS) is 1. The molecule has 1 heterocycles. The van der Waals surface area contributed by atoms with Crippen molar-refractivity contribution >= 4 is 5.97 Å². The molecule has 0 fully saturated rings. The van der Waals surface area contributed by atoms with Gasteiger partial charge in [0.2, 0.25) is 11.8 Å². The Bertz CT molecular complexity index is 362. The van der Waals surface area contributed by atoms with Crippen LogP contribution in [0.4, 0.5) is 0 Å². The van der Waals surface area contributed by atoms with E-state index >= 15 is 0 Å². The Morgan fingerprint density at radius 1 is 1.56 bits per heavy atom. The predicted molar refractivity (Wildman–Crippen MR) is 56.8 cm³/mol. The normalized spacial score (nSPS) is 10.6. The highest BCUT2D eigenvalue weighted by Crippen LogP contribution is 2.04. The van der Waals surface area contributed by atoms with Gasteiger partial charge in [0.05, 0.1) is 13.1 Å². The number of aliphatic carboxylic acids is 1. The molecule has 16 heavy (non-hydrogen) atoms. The molecule has 0 bridgehead atoms. The first-order valence-electron chi connectivity index (χ1n) is 5.02. The van der Waals surface area contributed by atoms with Crippen molar-refractivity contribution in [1.82, 2.24) is 15.1 Å². The first-order valence-corrected chi connectivity index (χ1v) is 5.02. The van der Waals surface area contributed by atoms with Crippen molar-refractivity contribution < 1.29 is 14.3 Å². The lowest BCUT2D eigenvalue weighted by atomic mass is 10.4. The van der Waals surface area contributed by atoms with E-state index in [9.17, 15) is 4.79 Å². The molecule has 0 saturated carbocycles. The molecule has 1 N–H and O–H groups in total. The van der Waals surface area contributed by atoms with Gasteiger partial charge in [-0.05, 0) is 0 Å². The molecular weight excluding hydrogens is 210 g/mol. The number of rotatable bonds is 7. The third kappa shape index (κ3) is 3.82. The maximum Gasteiger partial charge on any atom is 0.317 e. The highest BCUT2D eigenvalue weighted by molar-refractivity contribution is 5.69. The quantitative estimate of drug-likeness (QED) is 0.688. The summed E-state index contributed by atoms with van der Waals surface area (Å²) < 4.78 is 5.30. The van der Waals surface area contributed by atoms with Crippen LogP contribution in [0.15, 0.2) is 17.1 Å². The monoisotopic (exact) mass is 225 g/mol. The lowest BCUT2D eigenvalue weighted by Crippen LogP contribution is -2.29. The highest BCUT2D eigenvalue weighted by Gasteiger charge is 2.12. The number of aromatic nitrogens is 2. The summed E-state index contributed by atoms with van der Waals surface area (Å²) in [5.41, 5.74) is 0. The standard InChI is InChI=1S/C10H15N3O3/c1-3-5-13(7-10(14)15)6-9-12-11-8(4-2)16-9/h3H,1,4-7H2,2H3,(H,14,15). The second-order valence-electron chi connectivity index (χ2n) is 3.30. The van der Waals surface area contributed by atoms with E-state index in [0.29, 0.717) is 31.3 Å². The lowest BCUT2D eigenvalue weighted by Gasteiger charge is -2.15. The van der Waals surface area contributed by atoms with Crippen LogP contribution >= 0.6 is 0 Å². The third-order valence-corrected chi connectivity index (χ3v) is 1.92. The molecule has 0 aliphatic rings. The molecule has 1 aromatic rings. The molecule has 0 radical (unpaired) electrons. The summed E-state index contributed by atoms with van der Waals surface area (Å²) in [6, 6.07) is 0. The number of carbonyl (C=O) groups is 1. The number of nitrogens with zero attached hydrogens (tertiary/aromatic N) is 3. The molecule has 88 valence electrons. The van der Waals surface area contributed by atoms with E-state index in [1.165, 1.54) is 0 Å². The van der Waals surface area contributed by atoms with E-state index in [0.717, 1.165) is 0 Å². The van der Waals surface area contributed by atoms with Crippen LogP contribution in [0.3, 0.4) is 0 Å². The van der Waals surface area contributed by atoms with Crippen LogP contribution in [0.1, 0.15) is 18.7 Å². The fourth-order valence-electron chi connectivity index (χ4n) is 1.25. The summed E-state index contributed by atoms with van der Waals surface area (Å²) in [5.74, 6) is 0.0981. The maximum absolute atomic E-state index is 10.6. The third-order valence-electron chi connectivity index (χ3n) is 1.92. The van der Waals surface area contributed by atoms with E-state index in [-0.39, 0.29) is 6.54 Å². The Balaban J connectivity index is 2.59. The minimum absolute atomic E-state index is 0.0736. The molecule has 0 amide bonds. The van der Waals surface area contributed by atoms with Gasteiger partial charge in [-0.2, -0.15) is 0 Å². The second-order valence-corrected chi connectivity index (χ2v) is 3.30. The molecule has 0 spiro atoms. The van der Waals surface area contributed by atoms with Gasteiger partial charge in [0.1, 0.15) is 0 Å². The van der Waals surface area contributed by atoms with Gasteiger partial charge in [-0.3, -0.25) is 9.69 Å². The Labute approximate surface area is 93.6 Å². The van der Waals surface area contributed by atoms with Gasteiger partial charge < -0.3 is 9.52 Å². The SMILES string of the molecule is C=CCN(CC(=O)O)Cc1nnc(CC)o1. The Kier molecular flexibility index (Phi) is 4.65. The Morgan fingerprint density at radius 2 is 2.25 bits per heavy atom. The van der Waals surface area contributed by atoms with Crippen molar-refractivity contribution in [1.29, 1.82) is 0 Å². The molecule has 6 heteroatoms. The molecular formula is C10H15N3O3. The molecule has 0 aromatic carbocycles. The molecule has 0 unspecified atom stereocenters. The zero-order valence-corrected chi connectivity index (χ0v) is 9.22. The fourth-order valence-corrected chi connectivity index (χ4v) is 1.25. The van der Waals surface area contributed by atoms with Crippen LogP contribution in [-0.2, 0) is 17.8 Å². The zero-order chi connectivity index (χ0) is 12.0. The van der Waals surface area contributed by atoms with Crippen LogP contribution in [0.5, 0.6) is 0 Å². The van der Waals surface area contributed by atoms with Crippen molar-refractivity contribution in [2.45, 2.75) is 19.9 Å². The molecule has 6 nitrogen and oxygen atoms in total. The molecule has 0 aliphatic carbocycles. The van der Waals surface area contributed by atoms with Gasteiger partial charge in [0, 0.05) is 13.0 Å². The van der Waals surface area contributed by atoms with Crippen molar-refractivity contribution in [3.05, 3.63) is 24.4 Å². The minimum atomic E-state index is -0.892. The molecule has 0 aliphatic heterocycles. The smallest absolute Gasteiger partial charge is 0.317 e. The minimum Gasteiger partial charge on any atom is -0.480 e. The number of hydrogen-bond donors (Lipinski definition) is 1. The van der Waals surface area contributed by atoms with Crippen LogP contribution in [-0.4, -0.2) is 39.3 Å². The topological polar surface area (TPSA) is 79.5 Å². The van der Waals surface area contributed by atoms with E-state index in [4.69, 9.17) is 9.52 Å². The fraction of sp³-hybridized carbons (Fsp3) is 0.500. The second kappa shape index (κ2) is 6.02. The van der Waals surface area contributed by atoms with Gasteiger partial charge in [0.25, 0.3) is 0 Å². The van der Waals surface area contributed by atoms with Gasteiger partial charge in [-0.25, -0.2) is 0 Å². The van der Waals surface area contributed by atoms with E-state index < -0.39 is 5.97 Å². The van der Waals surface area contributed by atoms with Crippen molar-refractivity contribution in [3.8, 4) is 0 Å². The zero-order valence-electron chi connectivity index (χ0n) is 9.22. The number of hydrogen-bond acceptors (Lipinski definition) is 5. The Hall–Kier alpha value is -1.69. The summed E-state index contributed by atoms with van der Waals surface area (Å²) >= 11 is 0. The lowest BCUT2D eigenvalue weighted by molar-refractivity contribution is -0.138. The van der Waals surface area contributed by atoms with Crippen molar-refractivity contribution in [2.75, 3.05) is 13.1 Å². The van der Waals surface area contributed by atoms with Gasteiger partial charge in [-0.1, -0.05) is 13.0 Å². The van der Waals surface area contributed by atoms with Crippen molar-refractivity contribution in [2.24, 2.45) is 0 Å². The average Bonchev–Trinajstić information content (AvgIpc) is 2.65. The van der Waals surface area contributed by atoms with Gasteiger partial charge >= 0.3 is 5.97 Å². The van der Waals surface area contributed by atoms with E-state index in [2.05, 4.69) is 16.8 Å². The number of aryl methyl sites for hydroxylation is 1. The van der Waals surface area contributed by atoms with Gasteiger partial charge in [-0.15, -0.1) is 16.8 Å². The summed E-state index contributed by atoms with van der Waals surface area (Å²) in [6.45, 7) is 6.20. The summed E-state index contributed by atoms with van der Waals surface area (Å²) in [4.78, 5) is 12.2. The highest BCUT2D eigenvalue weighted by atomic mass is 16.4. The first kappa shape index (κ1) is 12.4. The van der Waals surface area contributed by atoms with Crippen LogP contribution in [0, 0.1) is 0 Å². The average molecular weight is 225 g/mol. The van der Waals surface area contributed by atoms with Crippen LogP contribution < -0.4 is 0 Å². The van der Waals surface area contributed by atoms with Gasteiger partial charge in [0.15, 0.2) is 0 Å². The maximum atomic E-state index is 10.6. The molecule has 1 rings (SSSR count). The molecule has 0 saturated heterocycles. The van der Waals surface area contributed by atoms with Crippen LogP contribution in [0.2, 0.25) is 0 Å². The molecule has 0 atom stereocenters. The summed E-state index contributed by atoms with van der Waals surface area (Å²) in [7, 11) is 0. The number of carboxylic acids is 1. The summed E-state index contributed by atoms with van der Waals surface area (Å²) in [6.07, 6.45) is 2.31. The predicted octanol–water partition coefficient (Wildman–Crippen LogP) is 0.705. The Morgan fingerprint density at radius 3 is 2.75 bits per heavy atom. The van der Waals surface area contributed by atoms with Crippen molar-refractivity contribution in [3.63, 3.8) is 0 Å². The van der Waals surface area contributed by atoms with E-state index in [1.807, 2.05) is 6.92 Å². The largest absolute Gasteiger partial charge is 0.480 e. The first-order chi connectivity index (χ1) is 7.65.